The van der Waals surface area contributed by atoms with E-state index >= 15 is 0 Å². The largest absolute Gasteiger partial charge is 0.480 e. The highest BCUT2D eigenvalue weighted by Gasteiger charge is 2.48. The number of carbonyl (C=O) groups is 8. The van der Waals surface area contributed by atoms with Gasteiger partial charge in [-0.3, -0.25) is 38.6 Å². The summed E-state index contributed by atoms with van der Waals surface area (Å²) in [4.78, 5) is 112. The highest BCUT2D eigenvalue weighted by Crippen LogP contribution is 2.40. The Labute approximate surface area is 334 Å². The number of imide groups is 2. The van der Waals surface area contributed by atoms with Crippen LogP contribution in [-0.2, 0) is 32.0 Å². The maximum atomic E-state index is 14.4. The van der Waals surface area contributed by atoms with Gasteiger partial charge < -0.3 is 20.8 Å². The molecule has 2 aliphatic rings. The summed E-state index contributed by atoms with van der Waals surface area (Å²) in [5.74, 6) is -8.96. The molecule has 2 heterocycles. The van der Waals surface area contributed by atoms with Crippen molar-refractivity contribution in [3.8, 4) is 0 Å². The van der Waals surface area contributed by atoms with E-state index in [0.717, 1.165) is 9.80 Å². The summed E-state index contributed by atoms with van der Waals surface area (Å²) in [5, 5.41) is 25.2. The van der Waals surface area contributed by atoms with E-state index in [2.05, 4.69) is 10.6 Å². The second-order valence-corrected chi connectivity index (χ2v) is 14.9. The summed E-state index contributed by atoms with van der Waals surface area (Å²) in [6.07, 6.45) is 0.595. The molecular weight excluding hydrogens is 745 g/mol. The third kappa shape index (κ3) is 7.57. The van der Waals surface area contributed by atoms with Crippen LogP contribution in [0.15, 0.2) is 84.9 Å². The molecule has 6 unspecified atom stereocenters. The zero-order valence-corrected chi connectivity index (χ0v) is 32.4. The predicted octanol–water partition coefficient (Wildman–Crippen LogP) is 4.49. The molecule has 14 nitrogen and oxygen atoms in total. The first-order valence-electron chi connectivity index (χ1n) is 19.2. The van der Waals surface area contributed by atoms with Crippen LogP contribution >= 0.6 is 0 Å². The Hall–Kier alpha value is -6.70. The van der Waals surface area contributed by atoms with Gasteiger partial charge in [-0.25, -0.2) is 9.59 Å². The Morgan fingerprint density at radius 2 is 0.810 bits per heavy atom. The minimum Gasteiger partial charge on any atom is -0.480 e. The first-order valence-corrected chi connectivity index (χ1v) is 19.2. The number of benzene rings is 4. The lowest BCUT2D eigenvalue weighted by atomic mass is 9.83. The zero-order valence-electron chi connectivity index (χ0n) is 32.4. The van der Waals surface area contributed by atoms with E-state index < -0.39 is 83.4 Å². The second-order valence-electron chi connectivity index (χ2n) is 14.9. The number of nitrogens with one attached hydrogen (secondary N) is 2. The van der Waals surface area contributed by atoms with E-state index in [9.17, 15) is 48.6 Å². The number of aliphatic carboxylic acids is 2. The molecule has 300 valence electrons. The summed E-state index contributed by atoms with van der Waals surface area (Å²) in [7, 11) is 0. The summed E-state index contributed by atoms with van der Waals surface area (Å²) in [6, 6.07) is 17.1. The number of carboxylic acids is 2. The van der Waals surface area contributed by atoms with Gasteiger partial charge in [-0.1, -0.05) is 101 Å². The Morgan fingerprint density at radius 1 is 0.517 bits per heavy atom. The molecule has 6 atom stereocenters. The smallest absolute Gasteiger partial charge is 0.326 e. The van der Waals surface area contributed by atoms with Gasteiger partial charge in [0.05, 0.1) is 0 Å². The van der Waals surface area contributed by atoms with Gasteiger partial charge in [0.25, 0.3) is 23.6 Å². The first-order chi connectivity index (χ1) is 27.7. The lowest BCUT2D eigenvalue weighted by Gasteiger charge is -2.39. The number of rotatable bonds is 16. The van der Waals surface area contributed by atoms with Crippen molar-refractivity contribution in [2.24, 2.45) is 11.8 Å². The molecule has 4 N–H and O–H groups in total. The van der Waals surface area contributed by atoms with E-state index in [0.29, 0.717) is 24.0 Å². The van der Waals surface area contributed by atoms with Crippen LogP contribution in [0.2, 0.25) is 0 Å². The summed E-state index contributed by atoms with van der Waals surface area (Å²) < 4.78 is 0. The molecular formula is C44H44N4O10. The van der Waals surface area contributed by atoms with Crippen molar-refractivity contribution >= 4 is 58.2 Å². The van der Waals surface area contributed by atoms with Gasteiger partial charge in [0, 0.05) is 45.9 Å². The van der Waals surface area contributed by atoms with Crippen molar-refractivity contribution in [3.63, 3.8) is 0 Å². The molecule has 4 aromatic carbocycles. The highest BCUT2D eigenvalue weighted by atomic mass is 16.4. The summed E-state index contributed by atoms with van der Waals surface area (Å²) >= 11 is 0. The number of carbonyl (C=O) groups excluding carboxylic acids is 6. The van der Waals surface area contributed by atoms with Crippen molar-refractivity contribution < 1.29 is 48.6 Å². The molecule has 0 spiro atoms. The van der Waals surface area contributed by atoms with E-state index in [-0.39, 0.29) is 45.9 Å². The van der Waals surface area contributed by atoms with Crippen LogP contribution in [0, 0.1) is 11.8 Å². The molecule has 14 heteroatoms. The summed E-state index contributed by atoms with van der Waals surface area (Å²) in [5.41, 5.74) is 1.11. The van der Waals surface area contributed by atoms with E-state index in [1.54, 1.807) is 88.4 Å². The predicted molar refractivity (Wildman–Crippen MR) is 211 cm³/mol. The third-order valence-electron chi connectivity index (χ3n) is 11.2. The lowest BCUT2D eigenvalue weighted by molar-refractivity contribution is -0.143. The molecule has 4 aromatic rings. The van der Waals surface area contributed by atoms with E-state index in [4.69, 9.17) is 0 Å². The van der Waals surface area contributed by atoms with E-state index in [1.165, 1.54) is 24.3 Å². The van der Waals surface area contributed by atoms with Gasteiger partial charge >= 0.3 is 11.9 Å². The van der Waals surface area contributed by atoms with Crippen LogP contribution in [0.3, 0.4) is 0 Å². The minimum absolute atomic E-state index is 0.0387. The van der Waals surface area contributed by atoms with Crippen LogP contribution < -0.4 is 10.6 Å². The van der Waals surface area contributed by atoms with Gasteiger partial charge in [0.2, 0.25) is 11.8 Å². The number of amides is 6. The molecule has 2 aliphatic heterocycles. The molecule has 6 amide bonds. The quantitative estimate of drug-likeness (QED) is 0.117. The van der Waals surface area contributed by atoms with Crippen molar-refractivity contribution in [1.82, 2.24) is 20.4 Å². The molecule has 58 heavy (non-hydrogen) atoms. The van der Waals surface area contributed by atoms with Gasteiger partial charge in [-0.2, -0.15) is 0 Å². The normalized spacial score (nSPS) is 16.6. The molecule has 0 radical (unpaired) electrons. The number of carboxylic acid groups (broad SMARTS) is 2. The van der Waals surface area contributed by atoms with Gasteiger partial charge in [-0.05, 0) is 47.2 Å². The number of hydrogen-bond acceptors (Lipinski definition) is 8. The fourth-order valence-corrected chi connectivity index (χ4v) is 7.74. The summed E-state index contributed by atoms with van der Waals surface area (Å²) in [6.45, 7) is 6.87. The van der Waals surface area contributed by atoms with Gasteiger partial charge in [0.15, 0.2) is 0 Å². The third-order valence-corrected chi connectivity index (χ3v) is 11.2. The van der Waals surface area contributed by atoms with Crippen LogP contribution in [0.5, 0.6) is 0 Å². The topological polar surface area (TPSA) is 208 Å². The van der Waals surface area contributed by atoms with Crippen LogP contribution in [-0.4, -0.2) is 91.6 Å². The monoisotopic (exact) mass is 788 g/mol. The molecule has 0 aliphatic carbocycles. The SMILES string of the molecule is CCC(C)C(C(=O)NC(Cc1ccccc1)C(=O)O)N1C(=O)c2ccc3c4c(ccc(c24)C1=O)C(=O)N(C(C(=O)NC(Cc1ccccc1)C(=O)O)C(C)CC)C3=O. The Kier molecular flexibility index (Phi) is 11.9. The average Bonchev–Trinajstić information content (AvgIpc) is 3.21. The fourth-order valence-electron chi connectivity index (χ4n) is 7.74. The van der Waals surface area contributed by atoms with Gasteiger partial charge in [0.1, 0.15) is 24.2 Å². The van der Waals surface area contributed by atoms with Crippen molar-refractivity contribution in [1.29, 1.82) is 0 Å². The zero-order chi connectivity index (χ0) is 42.0. The van der Waals surface area contributed by atoms with Gasteiger partial charge in [-0.15, -0.1) is 0 Å². The maximum absolute atomic E-state index is 14.4. The van der Waals surface area contributed by atoms with Crippen molar-refractivity contribution in [2.75, 3.05) is 0 Å². The Bertz CT molecular complexity index is 2100. The Balaban J connectivity index is 1.34. The first kappa shape index (κ1) is 40.9. The number of nitrogens with zero attached hydrogens (tertiary/aromatic N) is 2. The van der Waals surface area contributed by atoms with Crippen LogP contribution in [0.1, 0.15) is 93.1 Å². The average molecular weight is 789 g/mol. The van der Waals surface area contributed by atoms with E-state index in [1.807, 2.05) is 0 Å². The minimum atomic E-state index is -1.41. The van der Waals surface area contributed by atoms with Crippen molar-refractivity contribution in [2.45, 2.75) is 77.5 Å². The van der Waals surface area contributed by atoms with Crippen LogP contribution in [0.25, 0.3) is 10.8 Å². The lowest BCUT2D eigenvalue weighted by Crippen LogP contribution is -2.59. The molecule has 0 saturated carbocycles. The van der Waals surface area contributed by atoms with Crippen LogP contribution in [0.4, 0.5) is 0 Å². The fraction of sp³-hybridized carbons (Fsp3) is 0.318. The second kappa shape index (κ2) is 16.8. The Morgan fingerprint density at radius 3 is 1.07 bits per heavy atom. The standard InChI is InChI=1S/C44H44N4O10/c1-5-23(3)35(37(49)45-31(43(55)56)21-25-13-9-7-10-14-25)47-39(51)27-17-19-29-34-30(20-18-28(33(27)34)40(47)52)42(54)48(41(29)53)36(24(4)6-2)38(50)46-32(44(57)58)22-26-15-11-8-12-16-26/h7-20,23-24,31-32,35-36H,5-6,21-22H2,1-4H3,(H,45,49)(H,46,50)(H,55,56)(H,57,58). The number of hydrogen-bond donors (Lipinski definition) is 4. The van der Waals surface area contributed by atoms with Crippen molar-refractivity contribution in [3.05, 3.63) is 118 Å². The molecule has 0 aromatic heterocycles. The molecule has 6 rings (SSSR count). The molecule has 0 saturated heterocycles. The maximum Gasteiger partial charge on any atom is 0.326 e. The molecule has 0 bridgehead atoms. The highest BCUT2D eigenvalue weighted by molar-refractivity contribution is 6.34. The molecule has 0 fully saturated rings.